The predicted molar refractivity (Wildman–Crippen MR) is 65.1 cm³/mol. The van der Waals surface area contributed by atoms with Crippen LogP contribution in [0.25, 0.3) is 0 Å². The molecule has 0 fully saturated rings. The highest BCUT2D eigenvalue weighted by molar-refractivity contribution is 5.03. The van der Waals surface area contributed by atoms with Crippen LogP contribution < -0.4 is 5.73 Å². The molecule has 1 aromatic rings. The van der Waals surface area contributed by atoms with Gasteiger partial charge >= 0.3 is 0 Å². The molecular weight excluding hydrogens is 202 g/mol. The highest BCUT2D eigenvalue weighted by Crippen LogP contribution is 2.00. The van der Waals surface area contributed by atoms with E-state index in [0.717, 1.165) is 31.9 Å². The van der Waals surface area contributed by atoms with E-state index in [4.69, 9.17) is 10.5 Å². The van der Waals surface area contributed by atoms with Crippen LogP contribution in [-0.4, -0.2) is 42.7 Å². The van der Waals surface area contributed by atoms with Crippen molar-refractivity contribution in [2.75, 3.05) is 32.8 Å². The first-order valence-electron chi connectivity index (χ1n) is 5.77. The molecule has 16 heavy (non-hydrogen) atoms. The Balaban J connectivity index is 2.26. The molecule has 0 radical (unpaired) electrons. The Bertz CT molecular complexity index is 266. The number of hydrogen-bond acceptors (Lipinski definition) is 4. The Morgan fingerprint density at radius 3 is 2.88 bits per heavy atom. The highest BCUT2D eigenvalue weighted by Gasteiger charge is 2.03. The third-order valence-corrected chi connectivity index (χ3v) is 2.37. The van der Waals surface area contributed by atoms with E-state index in [2.05, 4.69) is 16.8 Å². The number of likely N-dealkylation sites (N-methyl/N-ethyl adjacent to an activating group) is 1. The molecule has 0 amide bonds. The third-order valence-electron chi connectivity index (χ3n) is 2.37. The number of hydrogen-bond donors (Lipinski definition) is 1. The maximum atomic E-state index is 5.37. The summed E-state index contributed by atoms with van der Waals surface area (Å²) in [6.45, 7) is 6.91. The zero-order valence-electron chi connectivity index (χ0n) is 9.93. The molecule has 0 aliphatic heterocycles. The molecule has 0 unspecified atom stereocenters. The summed E-state index contributed by atoms with van der Waals surface area (Å²) < 4.78 is 5.37. The molecule has 0 atom stereocenters. The lowest BCUT2D eigenvalue weighted by molar-refractivity contribution is 0.108. The van der Waals surface area contributed by atoms with E-state index in [0.29, 0.717) is 13.2 Å². The van der Waals surface area contributed by atoms with E-state index < -0.39 is 0 Å². The summed E-state index contributed by atoms with van der Waals surface area (Å²) in [6, 6.07) is 5.99. The monoisotopic (exact) mass is 223 g/mol. The molecule has 1 rings (SSSR count). The van der Waals surface area contributed by atoms with Gasteiger partial charge in [0.1, 0.15) is 0 Å². The quantitative estimate of drug-likeness (QED) is 0.665. The first kappa shape index (κ1) is 13.1. The predicted octanol–water partition coefficient (Wildman–Crippen LogP) is 0.879. The van der Waals surface area contributed by atoms with Gasteiger partial charge in [0.25, 0.3) is 0 Å². The average Bonchev–Trinajstić information content (AvgIpc) is 2.34. The molecule has 0 aliphatic carbocycles. The van der Waals surface area contributed by atoms with Gasteiger partial charge < -0.3 is 10.5 Å². The topological polar surface area (TPSA) is 51.4 Å². The van der Waals surface area contributed by atoms with E-state index >= 15 is 0 Å². The van der Waals surface area contributed by atoms with Gasteiger partial charge in [-0.05, 0) is 18.7 Å². The Hall–Kier alpha value is -0.970. The van der Waals surface area contributed by atoms with Crippen LogP contribution in [0.15, 0.2) is 24.4 Å². The lowest BCUT2D eigenvalue weighted by Gasteiger charge is -2.19. The van der Waals surface area contributed by atoms with E-state index in [1.807, 2.05) is 24.4 Å². The molecule has 0 bridgehead atoms. The summed E-state index contributed by atoms with van der Waals surface area (Å²) in [5, 5.41) is 0. The molecular formula is C12H21N3O. The molecule has 0 saturated heterocycles. The van der Waals surface area contributed by atoms with Crippen molar-refractivity contribution in [2.24, 2.45) is 5.73 Å². The fraction of sp³-hybridized carbons (Fsp3) is 0.583. The number of rotatable bonds is 8. The normalized spacial score (nSPS) is 10.9. The number of ether oxygens (including phenoxy) is 1. The van der Waals surface area contributed by atoms with Crippen LogP contribution >= 0.6 is 0 Å². The van der Waals surface area contributed by atoms with Crippen LogP contribution in [0.3, 0.4) is 0 Å². The Kier molecular flexibility index (Phi) is 6.72. The summed E-state index contributed by atoms with van der Waals surface area (Å²) in [5.41, 5.74) is 6.45. The van der Waals surface area contributed by atoms with Crippen molar-refractivity contribution in [2.45, 2.75) is 13.5 Å². The molecule has 2 N–H and O–H groups in total. The fourth-order valence-corrected chi connectivity index (χ4v) is 1.45. The van der Waals surface area contributed by atoms with Gasteiger partial charge in [-0.2, -0.15) is 0 Å². The standard InChI is InChI=1S/C12H21N3O/c1-2-15(8-10-16-9-6-13)11-12-5-3-4-7-14-12/h3-5,7H,2,6,8-11,13H2,1H3. The van der Waals surface area contributed by atoms with Crippen molar-refractivity contribution in [3.63, 3.8) is 0 Å². The summed E-state index contributed by atoms with van der Waals surface area (Å²) in [4.78, 5) is 6.61. The van der Waals surface area contributed by atoms with Gasteiger partial charge in [0.15, 0.2) is 0 Å². The third kappa shape index (κ3) is 5.21. The summed E-state index contributed by atoms with van der Waals surface area (Å²) >= 11 is 0. The molecule has 1 aromatic heterocycles. The zero-order valence-corrected chi connectivity index (χ0v) is 9.93. The van der Waals surface area contributed by atoms with Gasteiger partial charge in [-0.25, -0.2) is 0 Å². The minimum Gasteiger partial charge on any atom is -0.379 e. The number of nitrogens with zero attached hydrogens (tertiary/aromatic N) is 2. The summed E-state index contributed by atoms with van der Waals surface area (Å²) in [6.07, 6.45) is 1.83. The van der Waals surface area contributed by atoms with E-state index in [-0.39, 0.29) is 0 Å². The van der Waals surface area contributed by atoms with Crippen molar-refractivity contribution in [1.29, 1.82) is 0 Å². The van der Waals surface area contributed by atoms with E-state index in [1.165, 1.54) is 0 Å². The molecule has 0 spiro atoms. The maximum Gasteiger partial charge on any atom is 0.0594 e. The highest BCUT2D eigenvalue weighted by atomic mass is 16.5. The second-order valence-electron chi connectivity index (χ2n) is 3.59. The molecule has 0 aliphatic rings. The lowest BCUT2D eigenvalue weighted by Crippen LogP contribution is -2.28. The number of pyridine rings is 1. The zero-order chi connectivity index (χ0) is 11.6. The largest absolute Gasteiger partial charge is 0.379 e. The lowest BCUT2D eigenvalue weighted by atomic mass is 10.3. The van der Waals surface area contributed by atoms with Crippen molar-refractivity contribution in [1.82, 2.24) is 9.88 Å². The van der Waals surface area contributed by atoms with Gasteiger partial charge in [0.05, 0.1) is 18.9 Å². The first-order chi connectivity index (χ1) is 7.86. The van der Waals surface area contributed by atoms with Gasteiger partial charge in [0, 0.05) is 25.8 Å². The second kappa shape index (κ2) is 8.21. The average molecular weight is 223 g/mol. The first-order valence-corrected chi connectivity index (χ1v) is 5.77. The minimum atomic E-state index is 0.590. The van der Waals surface area contributed by atoms with Gasteiger partial charge in [0.2, 0.25) is 0 Å². The molecule has 4 nitrogen and oxygen atoms in total. The number of aromatic nitrogens is 1. The minimum absolute atomic E-state index is 0.590. The Labute approximate surface area is 97.4 Å². The molecule has 1 heterocycles. The van der Waals surface area contributed by atoms with Crippen LogP contribution in [0.1, 0.15) is 12.6 Å². The maximum absolute atomic E-state index is 5.37. The van der Waals surface area contributed by atoms with Crippen LogP contribution in [-0.2, 0) is 11.3 Å². The van der Waals surface area contributed by atoms with Crippen LogP contribution in [0, 0.1) is 0 Å². The van der Waals surface area contributed by atoms with Gasteiger partial charge in [-0.3, -0.25) is 9.88 Å². The molecule has 0 saturated carbocycles. The molecule has 0 aromatic carbocycles. The molecule has 4 heteroatoms. The molecule has 90 valence electrons. The SMILES string of the molecule is CCN(CCOCCN)Cc1ccccn1. The van der Waals surface area contributed by atoms with Crippen molar-refractivity contribution >= 4 is 0 Å². The van der Waals surface area contributed by atoms with Crippen molar-refractivity contribution in [3.05, 3.63) is 30.1 Å². The van der Waals surface area contributed by atoms with E-state index in [9.17, 15) is 0 Å². The van der Waals surface area contributed by atoms with Crippen molar-refractivity contribution < 1.29 is 4.74 Å². The number of nitrogens with two attached hydrogens (primary N) is 1. The van der Waals surface area contributed by atoms with Crippen LogP contribution in [0.4, 0.5) is 0 Å². The second-order valence-corrected chi connectivity index (χ2v) is 3.59. The fourth-order valence-electron chi connectivity index (χ4n) is 1.45. The van der Waals surface area contributed by atoms with Crippen LogP contribution in [0.2, 0.25) is 0 Å². The summed E-state index contributed by atoms with van der Waals surface area (Å²) in [7, 11) is 0. The Morgan fingerprint density at radius 2 is 2.25 bits per heavy atom. The van der Waals surface area contributed by atoms with Gasteiger partial charge in [-0.15, -0.1) is 0 Å². The van der Waals surface area contributed by atoms with E-state index in [1.54, 1.807) is 0 Å². The van der Waals surface area contributed by atoms with Crippen molar-refractivity contribution in [3.8, 4) is 0 Å². The van der Waals surface area contributed by atoms with Crippen LogP contribution in [0.5, 0.6) is 0 Å². The van der Waals surface area contributed by atoms with Gasteiger partial charge in [-0.1, -0.05) is 13.0 Å². The summed E-state index contributed by atoms with van der Waals surface area (Å²) in [5.74, 6) is 0. The smallest absolute Gasteiger partial charge is 0.0594 e. The Morgan fingerprint density at radius 1 is 1.38 bits per heavy atom.